The Labute approximate surface area is 183 Å². The van der Waals surface area contributed by atoms with Gasteiger partial charge >= 0.3 is 0 Å². The number of imidazole rings is 1. The van der Waals surface area contributed by atoms with Crippen LogP contribution in [0.5, 0.6) is 0 Å². The summed E-state index contributed by atoms with van der Waals surface area (Å²) in [6, 6.07) is 12.1. The lowest BCUT2D eigenvalue weighted by atomic mass is 10.1. The largest absolute Gasteiger partial charge is 0.379 e. The zero-order valence-electron chi connectivity index (χ0n) is 16.8. The number of amides is 2. The normalized spacial score (nSPS) is 18.8. The van der Waals surface area contributed by atoms with Crippen LogP contribution in [-0.4, -0.2) is 63.5 Å². The van der Waals surface area contributed by atoms with E-state index in [1.54, 1.807) is 22.9 Å². The van der Waals surface area contributed by atoms with E-state index >= 15 is 0 Å². The summed E-state index contributed by atoms with van der Waals surface area (Å²) in [5.74, 6) is -0.393. The molecule has 0 unspecified atom stereocenters. The maximum atomic E-state index is 11.8. The van der Waals surface area contributed by atoms with Gasteiger partial charge in [0.1, 0.15) is 0 Å². The number of rotatable bonds is 5. The first kappa shape index (κ1) is 19.9. The number of nitrogens with zero attached hydrogens (tertiary/aromatic N) is 4. The number of carbonyl (C=O) groups excluding carboxylic acids is 2. The summed E-state index contributed by atoms with van der Waals surface area (Å²) in [6.07, 6.45) is 4.39. The van der Waals surface area contributed by atoms with Crippen molar-refractivity contribution in [1.82, 2.24) is 24.8 Å². The Morgan fingerprint density at radius 3 is 2.84 bits per heavy atom. The maximum absolute atomic E-state index is 11.8. The number of fused-ring (bicyclic) bond motifs is 1. The van der Waals surface area contributed by atoms with Crippen LogP contribution in [0, 0.1) is 0 Å². The van der Waals surface area contributed by atoms with Gasteiger partial charge in [0.05, 0.1) is 35.7 Å². The van der Waals surface area contributed by atoms with Gasteiger partial charge in [0.25, 0.3) is 11.1 Å². The van der Waals surface area contributed by atoms with Crippen LogP contribution in [0.15, 0.2) is 47.5 Å². The fourth-order valence-electron chi connectivity index (χ4n) is 3.71. The fourth-order valence-corrected chi connectivity index (χ4v) is 4.38. The number of benzene rings is 1. The topological polar surface area (TPSA) is 88.8 Å². The van der Waals surface area contributed by atoms with E-state index in [1.165, 1.54) is 5.56 Å². The molecule has 3 aromatic rings. The average Bonchev–Trinajstić information content (AvgIpc) is 3.35. The predicted octanol–water partition coefficient (Wildman–Crippen LogP) is 2.59. The highest BCUT2D eigenvalue weighted by atomic mass is 32.2. The molecule has 5 rings (SSSR count). The molecule has 2 aromatic heterocycles. The number of aromatic nitrogens is 3. The minimum atomic E-state index is -0.393. The van der Waals surface area contributed by atoms with Crippen molar-refractivity contribution < 1.29 is 14.3 Å². The third-order valence-corrected chi connectivity index (χ3v) is 6.16. The zero-order valence-corrected chi connectivity index (χ0v) is 17.6. The number of hydrogen-bond acceptors (Lipinski definition) is 7. The van der Waals surface area contributed by atoms with Crippen molar-refractivity contribution in [2.75, 3.05) is 32.8 Å². The fraction of sp³-hybridized carbons (Fsp3) is 0.273. The van der Waals surface area contributed by atoms with E-state index in [2.05, 4.69) is 38.5 Å². The van der Waals surface area contributed by atoms with E-state index in [9.17, 15) is 9.59 Å². The number of hydrogen-bond donors (Lipinski definition) is 1. The van der Waals surface area contributed by atoms with Gasteiger partial charge in [-0.15, -0.1) is 0 Å². The van der Waals surface area contributed by atoms with Gasteiger partial charge in [0, 0.05) is 25.2 Å². The van der Waals surface area contributed by atoms with Gasteiger partial charge < -0.3 is 4.74 Å². The number of thioether (sulfide) groups is 1. The number of ether oxygens (including phenoxy) is 1. The van der Waals surface area contributed by atoms with Crippen molar-refractivity contribution in [2.45, 2.75) is 6.42 Å². The minimum Gasteiger partial charge on any atom is -0.379 e. The summed E-state index contributed by atoms with van der Waals surface area (Å²) in [5.41, 5.74) is 4.48. The van der Waals surface area contributed by atoms with Gasteiger partial charge in [-0.25, -0.2) is 9.50 Å². The van der Waals surface area contributed by atoms with Crippen molar-refractivity contribution in [2.24, 2.45) is 0 Å². The van der Waals surface area contributed by atoms with Crippen LogP contribution in [0.3, 0.4) is 0 Å². The first-order valence-corrected chi connectivity index (χ1v) is 11.0. The molecule has 8 nitrogen and oxygen atoms in total. The smallest absolute Gasteiger partial charge is 0.290 e. The lowest BCUT2D eigenvalue weighted by molar-refractivity contribution is -0.115. The van der Waals surface area contributed by atoms with E-state index < -0.39 is 5.91 Å². The molecule has 1 aromatic carbocycles. The third-order valence-electron chi connectivity index (χ3n) is 5.35. The number of imide groups is 1. The summed E-state index contributed by atoms with van der Waals surface area (Å²) in [7, 11) is 0. The Balaban J connectivity index is 1.40. The molecule has 9 heteroatoms. The van der Waals surface area contributed by atoms with Crippen molar-refractivity contribution in [3.63, 3.8) is 0 Å². The van der Waals surface area contributed by atoms with Gasteiger partial charge in [-0.1, -0.05) is 18.2 Å². The number of nitrogens with one attached hydrogen (secondary N) is 1. The summed E-state index contributed by atoms with van der Waals surface area (Å²) in [6.45, 7) is 4.59. The number of morpholine rings is 1. The van der Waals surface area contributed by atoms with Gasteiger partial charge in [0.2, 0.25) is 0 Å². The van der Waals surface area contributed by atoms with Gasteiger partial charge in [-0.05, 0) is 48.0 Å². The molecule has 0 atom stereocenters. The second-order valence-corrected chi connectivity index (χ2v) is 8.44. The van der Waals surface area contributed by atoms with Crippen LogP contribution < -0.4 is 5.32 Å². The summed E-state index contributed by atoms with van der Waals surface area (Å²) < 4.78 is 7.19. The molecule has 2 saturated heterocycles. The standard InChI is InChI=1S/C22H21N5O3S/c28-21-19(31-22(29)24-21)13-17-4-5-20-23-14-18(27(20)25-17)16-3-1-2-15(12-16)6-7-26-8-10-30-11-9-26/h1-5,12-14H,6-11H2,(H,24,28,29)/b19-13-. The van der Waals surface area contributed by atoms with E-state index in [-0.39, 0.29) is 5.24 Å². The van der Waals surface area contributed by atoms with Crippen molar-refractivity contribution in [1.29, 1.82) is 0 Å². The maximum Gasteiger partial charge on any atom is 0.290 e. The molecule has 158 valence electrons. The second kappa shape index (κ2) is 8.62. The van der Waals surface area contributed by atoms with E-state index in [1.807, 2.05) is 12.1 Å². The molecule has 0 spiro atoms. The molecule has 2 aliphatic rings. The highest BCUT2D eigenvalue weighted by molar-refractivity contribution is 8.18. The second-order valence-electron chi connectivity index (χ2n) is 7.43. The Kier molecular flexibility index (Phi) is 5.54. The average molecular weight is 436 g/mol. The highest BCUT2D eigenvalue weighted by Crippen LogP contribution is 2.26. The van der Waals surface area contributed by atoms with Gasteiger partial charge in [-0.2, -0.15) is 5.10 Å². The Bertz CT molecular complexity index is 1180. The molecule has 2 aliphatic heterocycles. The summed E-state index contributed by atoms with van der Waals surface area (Å²) in [4.78, 5) is 30.4. The lowest BCUT2D eigenvalue weighted by Gasteiger charge is -2.26. The Morgan fingerprint density at radius 1 is 1.16 bits per heavy atom. The van der Waals surface area contributed by atoms with Crippen LogP contribution >= 0.6 is 11.8 Å². The molecule has 0 bridgehead atoms. The SMILES string of the molecule is O=C1NC(=O)/C(=C/c2ccc3ncc(-c4cccc(CCN5CCOCC5)c4)n3n2)S1. The zero-order chi connectivity index (χ0) is 21.2. The molecule has 0 aliphatic carbocycles. The number of carbonyl (C=O) groups is 2. The van der Waals surface area contributed by atoms with E-state index in [4.69, 9.17) is 4.74 Å². The van der Waals surface area contributed by atoms with Crippen LogP contribution in [0.1, 0.15) is 11.3 Å². The Hall–Kier alpha value is -3.01. The van der Waals surface area contributed by atoms with Crippen molar-refractivity contribution in [3.8, 4) is 11.3 Å². The molecular formula is C22H21N5O3S. The molecule has 2 fully saturated rings. The van der Waals surface area contributed by atoms with Crippen molar-refractivity contribution in [3.05, 3.63) is 58.8 Å². The lowest BCUT2D eigenvalue weighted by Crippen LogP contribution is -2.37. The first-order chi connectivity index (χ1) is 15.2. The van der Waals surface area contributed by atoms with Gasteiger partial charge in [-0.3, -0.25) is 19.8 Å². The molecule has 4 heterocycles. The quantitative estimate of drug-likeness (QED) is 0.616. The van der Waals surface area contributed by atoms with E-state index in [0.717, 1.165) is 67.9 Å². The third kappa shape index (κ3) is 4.39. The van der Waals surface area contributed by atoms with Crippen molar-refractivity contribution >= 4 is 34.6 Å². The molecule has 31 heavy (non-hydrogen) atoms. The minimum absolute atomic E-state index is 0.337. The highest BCUT2D eigenvalue weighted by Gasteiger charge is 2.25. The predicted molar refractivity (Wildman–Crippen MR) is 118 cm³/mol. The molecule has 0 saturated carbocycles. The summed E-state index contributed by atoms with van der Waals surface area (Å²) in [5, 5.41) is 6.53. The molecule has 0 radical (unpaired) electrons. The van der Waals surface area contributed by atoms with Crippen LogP contribution in [0.25, 0.3) is 23.0 Å². The molecule has 1 N–H and O–H groups in total. The van der Waals surface area contributed by atoms with E-state index in [0.29, 0.717) is 10.6 Å². The van der Waals surface area contributed by atoms with Crippen LogP contribution in [0.2, 0.25) is 0 Å². The van der Waals surface area contributed by atoms with Gasteiger partial charge in [0.15, 0.2) is 5.65 Å². The first-order valence-electron chi connectivity index (χ1n) is 10.1. The molecular weight excluding hydrogens is 414 g/mol. The Morgan fingerprint density at radius 2 is 2.03 bits per heavy atom. The van der Waals surface area contributed by atoms with Crippen LogP contribution in [-0.2, 0) is 16.0 Å². The molecule has 2 amide bonds. The monoisotopic (exact) mass is 435 g/mol. The van der Waals surface area contributed by atoms with Crippen LogP contribution in [0.4, 0.5) is 4.79 Å². The summed E-state index contributed by atoms with van der Waals surface area (Å²) >= 11 is 0.880.